The van der Waals surface area contributed by atoms with Gasteiger partial charge in [0.2, 0.25) is 11.8 Å². The smallest absolute Gasteiger partial charge is 0.254 e. The van der Waals surface area contributed by atoms with Crippen LogP contribution in [-0.2, 0) is 11.4 Å². The van der Waals surface area contributed by atoms with Crippen LogP contribution in [0.1, 0.15) is 16.2 Å². The summed E-state index contributed by atoms with van der Waals surface area (Å²) in [7, 11) is 1.60. The average molecular weight is 458 g/mol. The molecule has 2 N–H and O–H groups in total. The van der Waals surface area contributed by atoms with Crippen molar-refractivity contribution in [3.63, 3.8) is 0 Å². The molecule has 4 aromatic rings. The first-order valence-corrected chi connectivity index (χ1v) is 10.4. The number of anilines is 1. The van der Waals surface area contributed by atoms with Crippen molar-refractivity contribution in [2.45, 2.75) is 6.61 Å². The number of carbonyl (C=O) groups is 2. The van der Waals surface area contributed by atoms with E-state index in [2.05, 4.69) is 20.8 Å². The van der Waals surface area contributed by atoms with Crippen molar-refractivity contribution in [1.82, 2.24) is 15.5 Å². The highest BCUT2D eigenvalue weighted by Gasteiger charge is 2.10. The van der Waals surface area contributed by atoms with Gasteiger partial charge in [-0.2, -0.15) is 0 Å². The molecule has 0 aliphatic heterocycles. The van der Waals surface area contributed by atoms with Crippen LogP contribution in [0.15, 0.2) is 83.3 Å². The molecule has 9 heteroatoms. The molecule has 2 amide bonds. The number of benzene rings is 3. The normalized spacial score (nSPS) is 10.4. The minimum atomic E-state index is -0.338. The Labute approximate surface area is 195 Å². The maximum absolute atomic E-state index is 12.1. The first kappa shape index (κ1) is 22.5. The lowest BCUT2D eigenvalue weighted by Crippen LogP contribution is -2.32. The number of hydrogen-bond acceptors (Lipinski definition) is 7. The summed E-state index contributed by atoms with van der Waals surface area (Å²) < 4.78 is 16.5. The molecule has 3 aromatic carbocycles. The standard InChI is InChI=1S/C25H22N4O5/c1-32-20-11-7-18(8-12-20)25-29-28-23(34-25)16-33-21-13-9-19(10-14-21)27-22(30)15-26-24(31)17-5-3-2-4-6-17/h2-14H,15-16H2,1H3,(H,26,31)(H,27,30). The summed E-state index contributed by atoms with van der Waals surface area (Å²) in [5.74, 6) is 1.38. The van der Waals surface area contributed by atoms with E-state index in [1.54, 1.807) is 55.6 Å². The number of aromatic nitrogens is 2. The Morgan fingerprint density at radius 1 is 0.882 bits per heavy atom. The molecule has 0 spiro atoms. The maximum Gasteiger partial charge on any atom is 0.254 e. The average Bonchev–Trinajstić information content (AvgIpc) is 3.36. The van der Waals surface area contributed by atoms with Crippen molar-refractivity contribution >= 4 is 17.5 Å². The molecular formula is C25H22N4O5. The van der Waals surface area contributed by atoms with Crippen LogP contribution < -0.4 is 20.1 Å². The fourth-order valence-corrected chi connectivity index (χ4v) is 3.00. The van der Waals surface area contributed by atoms with Gasteiger partial charge in [-0.15, -0.1) is 10.2 Å². The highest BCUT2D eigenvalue weighted by molar-refractivity contribution is 5.99. The monoisotopic (exact) mass is 458 g/mol. The van der Waals surface area contributed by atoms with Crippen LogP contribution in [-0.4, -0.2) is 35.7 Å². The Hall–Kier alpha value is -4.66. The van der Waals surface area contributed by atoms with E-state index in [0.29, 0.717) is 28.8 Å². The number of nitrogens with zero attached hydrogens (tertiary/aromatic N) is 2. The van der Waals surface area contributed by atoms with E-state index in [1.165, 1.54) is 0 Å². The van der Waals surface area contributed by atoms with E-state index in [1.807, 2.05) is 30.3 Å². The van der Waals surface area contributed by atoms with Gasteiger partial charge in [-0.1, -0.05) is 18.2 Å². The molecule has 34 heavy (non-hydrogen) atoms. The number of methoxy groups -OCH3 is 1. The second-order valence-electron chi connectivity index (χ2n) is 7.14. The minimum absolute atomic E-state index is 0.0976. The summed E-state index contributed by atoms with van der Waals surface area (Å²) >= 11 is 0. The summed E-state index contributed by atoms with van der Waals surface area (Å²) in [6.45, 7) is -0.0416. The van der Waals surface area contributed by atoms with E-state index >= 15 is 0 Å². The van der Waals surface area contributed by atoms with Crippen LogP contribution in [0.5, 0.6) is 11.5 Å². The molecular weight excluding hydrogens is 436 g/mol. The molecule has 0 aliphatic rings. The van der Waals surface area contributed by atoms with Crippen molar-refractivity contribution in [2.75, 3.05) is 19.0 Å². The quantitative estimate of drug-likeness (QED) is 0.393. The summed E-state index contributed by atoms with van der Waals surface area (Å²) in [4.78, 5) is 24.1. The zero-order valence-corrected chi connectivity index (χ0v) is 18.4. The van der Waals surface area contributed by atoms with Crippen LogP contribution in [0, 0.1) is 0 Å². The molecule has 0 fully saturated rings. The van der Waals surface area contributed by atoms with E-state index in [9.17, 15) is 9.59 Å². The number of hydrogen-bond donors (Lipinski definition) is 2. The van der Waals surface area contributed by atoms with Crippen LogP contribution >= 0.6 is 0 Å². The molecule has 0 radical (unpaired) electrons. The van der Waals surface area contributed by atoms with Gasteiger partial charge >= 0.3 is 0 Å². The molecule has 1 heterocycles. The third kappa shape index (κ3) is 5.98. The molecule has 9 nitrogen and oxygen atoms in total. The summed E-state index contributed by atoms with van der Waals surface area (Å²) in [5.41, 5.74) is 1.85. The van der Waals surface area contributed by atoms with E-state index in [0.717, 1.165) is 11.3 Å². The lowest BCUT2D eigenvalue weighted by molar-refractivity contribution is -0.115. The maximum atomic E-state index is 12.1. The molecule has 0 atom stereocenters. The number of amides is 2. The predicted molar refractivity (Wildman–Crippen MR) is 124 cm³/mol. The fourth-order valence-electron chi connectivity index (χ4n) is 3.00. The van der Waals surface area contributed by atoms with Gasteiger partial charge in [0.1, 0.15) is 11.5 Å². The molecule has 0 saturated heterocycles. The van der Waals surface area contributed by atoms with E-state index in [4.69, 9.17) is 13.9 Å². The Morgan fingerprint density at radius 3 is 2.29 bits per heavy atom. The molecule has 4 rings (SSSR count). The highest BCUT2D eigenvalue weighted by atomic mass is 16.5. The van der Waals surface area contributed by atoms with Gasteiger partial charge in [0.25, 0.3) is 11.8 Å². The van der Waals surface area contributed by atoms with Crippen LogP contribution in [0.4, 0.5) is 5.69 Å². The van der Waals surface area contributed by atoms with Gasteiger partial charge in [-0.3, -0.25) is 9.59 Å². The zero-order valence-electron chi connectivity index (χ0n) is 18.4. The van der Waals surface area contributed by atoms with Crippen LogP contribution in [0.2, 0.25) is 0 Å². The Kier molecular flexibility index (Phi) is 7.14. The van der Waals surface area contributed by atoms with Crippen molar-refractivity contribution < 1.29 is 23.5 Å². The second-order valence-corrected chi connectivity index (χ2v) is 7.14. The Morgan fingerprint density at radius 2 is 1.59 bits per heavy atom. The SMILES string of the molecule is COc1ccc(-c2nnc(COc3ccc(NC(=O)CNC(=O)c4ccccc4)cc3)o2)cc1. The Bertz CT molecular complexity index is 1240. The van der Waals surface area contributed by atoms with Gasteiger partial charge in [0.15, 0.2) is 6.61 Å². The number of ether oxygens (including phenoxy) is 2. The molecule has 0 saturated carbocycles. The Balaban J connectivity index is 1.24. The zero-order chi connectivity index (χ0) is 23.8. The lowest BCUT2D eigenvalue weighted by atomic mass is 10.2. The number of nitrogens with one attached hydrogen (secondary N) is 2. The van der Waals surface area contributed by atoms with E-state index in [-0.39, 0.29) is 25.0 Å². The van der Waals surface area contributed by atoms with Gasteiger partial charge in [-0.25, -0.2) is 0 Å². The molecule has 0 aliphatic carbocycles. The first-order valence-electron chi connectivity index (χ1n) is 10.4. The summed E-state index contributed by atoms with van der Waals surface area (Å²) in [6, 6.07) is 22.8. The largest absolute Gasteiger partial charge is 0.497 e. The fraction of sp³-hybridized carbons (Fsp3) is 0.120. The molecule has 0 unspecified atom stereocenters. The topological polar surface area (TPSA) is 116 Å². The second kappa shape index (κ2) is 10.8. The minimum Gasteiger partial charge on any atom is -0.497 e. The van der Waals surface area contributed by atoms with Gasteiger partial charge in [-0.05, 0) is 60.7 Å². The summed E-state index contributed by atoms with van der Waals surface area (Å²) in [6.07, 6.45) is 0. The van der Waals surface area contributed by atoms with Crippen molar-refractivity contribution in [3.05, 3.63) is 90.3 Å². The van der Waals surface area contributed by atoms with Crippen molar-refractivity contribution in [3.8, 4) is 23.0 Å². The number of rotatable bonds is 9. The summed E-state index contributed by atoms with van der Waals surface area (Å²) in [5, 5.41) is 13.3. The van der Waals surface area contributed by atoms with Crippen molar-refractivity contribution in [2.24, 2.45) is 0 Å². The van der Waals surface area contributed by atoms with Gasteiger partial charge < -0.3 is 24.5 Å². The third-order valence-electron chi connectivity index (χ3n) is 4.75. The van der Waals surface area contributed by atoms with Crippen molar-refractivity contribution in [1.29, 1.82) is 0 Å². The predicted octanol–water partition coefficient (Wildman–Crippen LogP) is 3.69. The van der Waals surface area contributed by atoms with Gasteiger partial charge in [0.05, 0.1) is 13.7 Å². The van der Waals surface area contributed by atoms with Crippen LogP contribution in [0.25, 0.3) is 11.5 Å². The highest BCUT2D eigenvalue weighted by Crippen LogP contribution is 2.22. The van der Waals surface area contributed by atoms with Crippen LogP contribution in [0.3, 0.4) is 0 Å². The van der Waals surface area contributed by atoms with E-state index < -0.39 is 0 Å². The lowest BCUT2D eigenvalue weighted by Gasteiger charge is -2.08. The number of carbonyl (C=O) groups excluding carboxylic acids is 2. The molecule has 0 bridgehead atoms. The third-order valence-corrected chi connectivity index (χ3v) is 4.75. The van der Waals surface area contributed by atoms with Gasteiger partial charge in [0, 0.05) is 16.8 Å². The molecule has 1 aromatic heterocycles. The molecule has 172 valence electrons. The first-order chi connectivity index (χ1) is 16.6.